The van der Waals surface area contributed by atoms with Gasteiger partial charge in [0.2, 0.25) is 0 Å². The molecule has 1 aliphatic heterocycles. The van der Waals surface area contributed by atoms with Gasteiger partial charge in [-0.05, 0) is 67.1 Å². The maximum atomic E-state index is 13.0. The number of primary amides is 1. The van der Waals surface area contributed by atoms with Crippen LogP contribution in [0.25, 0.3) is 0 Å². The van der Waals surface area contributed by atoms with Gasteiger partial charge in [-0.25, -0.2) is 9.97 Å². The molecule has 0 bridgehead atoms. The first kappa shape index (κ1) is 22.5. The van der Waals surface area contributed by atoms with E-state index in [2.05, 4.69) is 59.8 Å². The molecule has 1 spiro atoms. The van der Waals surface area contributed by atoms with Crippen molar-refractivity contribution >= 4 is 39.0 Å². The van der Waals surface area contributed by atoms with E-state index >= 15 is 0 Å². The molecule has 1 aromatic carbocycles. The Morgan fingerprint density at radius 2 is 2.00 bits per heavy atom. The first-order chi connectivity index (χ1) is 14.6. The van der Waals surface area contributed by atoms with E-state index < -0.39 is 17.3 Å². The Hall–Kier alpha value is -1.68. The molecule has 9 heteroatoms. The predicted octanol–water partition coefficient (Wildman–Crippen LogP) is 3.27. The maximum absolute atomic E-state index is 13.0. The summed E-state index contributed by atoms with van der Waals surface area (Å²) in [4.78, 5) is 22.7. The molecule has 3 N–H and O–H groups in total. The zero-order valence-electron chi connectivity index (χ0n) is 18.0. The van der Waals surface area contributed by atoms with Crippen LogP contribution >= 0.6 is 15.9 Å². The molecule has 1 saturated heterocycles. The summed E-state index contributed by atoms with van der Waals surface area (Å²) in [7, 11) is 0. The minimum absolute atomic E-state index is 0.0255. The highest BCUT2D eigenvalue weighted by molar-refractivity contribution is 9.10. The van der Waals surface area contributed by atoms with Crippen molar-refractivity contribution in [2.75, 3.05) is 18.0 Å². The van der Waals surface area contributed by atoms with Gasteiger partial charge < -0.3 is 15.2 Å². The van der Waals surface area contributed by atoms with Crippen LogP contribution in [0.3, 0.4) is 0 Å². The number of amides is 1. The van der Waals surface area contributed by atoms with Crippen molar-refractivity contribution in [1.29, 1.82) is 0 Å². The van der Waals surface area contributed by atoms with Gasteiger partial charge in [-0.2, -0.15) is 0 Å². The van der Waals surface area contributed by atoms with Gasteiger partial charge in [0.1, 0.15) is 9.35 Å². The molecule has 166 valence electrons. The largest absolute Gasteiger partial charge is 0.598 e. The standard InChI is InChI=1S/C22H28BrN5O2S/c1-21(2,3)31(30)27-18-15-7-5-4-6-14(15)12-22(18)8-10-28(11-9-22)20-17(19(24)29)26-16(23)13-25-20/h4-7,13,18,27H,8-12H2,1-3H3,(H2,24,29). The molecule has 7 nitrogen and oxygen atoms in total. The molecule has 4 rings (SSSR count). The van der Waals surface area contributed by atoms with Crippen molar-refractivity contribution in [1.82, 2.24) is 14.7 Å². The van der Waals surface area contributed by atoms with E-state index in [1.165, 1.54) is 11.1 Å². The number of halogens is 1. The van der Waals surface area contributed by atoms with Crippen molar-refractivity contribution in [3.63, 3.8) is 0 Å². The van der Waals surface area contributed by atoms with Gasteiger partial charge in [0.15, 0.2) is 11.5 Å². The summed E-state index contributed by atoms with van der Waals surface area (Å²) in [5.41, 5.74) is 8.27. The zero-order valence-corrected chi connectivity index (χ0v) is 20.4. The molecule has 1 fully saturated rings. The molecule has 1 aliphatic carbocycles. The third kappa shape index (κ3) is 4.33. The van der Waals surface area contributed by atoms with Crippen LogP contribution in [0.2, 0.25) is 0 Å². The smallest absolute Gasteiger partial charge is 0.271 e. The lowest BCUT2D eigenvalue weighted by atomic mass is 9.73. The first-order valence-corrected chi connectivity index (χ1v) is 12.4. The van der Waals surface area contributed by atoms with Gasteiger partial charge in [0, 0.05) is 29.9 Å². The molecular formula is C22H28BrN5O2S. The Morgan fingerprint density at radius 1 is 1.32 bits per heavy atom. The van der Waals surface area contributed by atoms with Crippen LogP contribution in [0, 0.1) is 5.41 Å². The topological polar surface area (TPSA) is 107 Å². The second kappa shape index (κ2) is 8.35. The van der Waals surface area contributed by atoms with Crippen molar-refractivity contribution in [2.45, 2.75) is 50.8 Å². The normalized spacial score (nSPS) is 21.2. The van der Waals surface area contributed by atoms with Crippen LogP contribution in [-0.2, 0) is 17.8 Å². The van der Waals surface area contributed by atoms with E-state index in [9.17, 15) is 9.35 Å². The lowest BCUT2D eigenvalue weighted by molar-refractivity contribution is 0.0995. The summed E-state index contributed by atoms with van der Waals surface area (Å²) >= 11 is 2.09. The quantitative estimate of drug-likeness (QED) is 0.617. The van der Waals surface area contributed by atoms with E-state index in [1.807, 2.05) is 20.8 Å². The summed E-state index contributed by atoms with van der Waals surface area (Å²) in [5, 5.41) is 0. The molecule has 0 radical (unpaired) electrons. The summed E-state index contributed by atoms with van der Waals surface area (Å²) in [5.74, 6) is -0.0543. The third-order valence-corrected chi connectivity index (χ3v) is 8.26. The fourth-order valence-electron chi connectivity index (χ4n) is 4.65. The Bertz CT molecular complexity index is 988. The highest BCUT2D eigenvalue weighted by Crippen LogP contribution is 2.52. The molecule has 2 aliphatic rings. The third-order valence-electron chi connectivity index (χ3n) is 6.32. The number of hydrogen-bond donors (Lipinski definition) is 2. The molecule has 0 saturated carbocycles. The van der Waals surface area contributed by atoms with E-state index in [0.717, 1.165) is 32.4 Å². The fourth-order valence-corrected chi connectivity index (χ4v) is 5.87. The number of hydrogen-bond acceptors (Lipinski definition) is 6. The van der Waals surface area contributed by atoms with Crippen LogP contribution in [0.1, 0.15) is 61.3 Å². The number of benzene rings is 1. The van der Waals surface area contributed by atoms with Gasteiger partial charge in [0.25, 0.3) is 5.91 Å². The molecule has 31 heavy (non-hydrogen) atoms. The Balaban J connectivity index is 1.60. The summed E-state index contributed by atoms with van der Waals surface area (Å²) in [6.07, 6.45) is 4.31. The number of anilines is 1. The van der Waals surface area contributed by atoms with Crippen LogP contribution in [-0.4, -0.2) is 38.3 Å². The van der Waals surface area contributed by atoms with Gasteiger partial charge in [-0.3, -0.25) is 4.79 Å². The number of aromatic nitrogens is 2. The molecule has 2 unspecified atom stereocenters. The molecule has 2 atom stereocenters. The maximum Gasteiger partial charge on any atom is 0.271 e. The molecule has 1 aromatic heterocycles. The van der Waals surface area contributed by atoms with Gasteiger partial charge in [-0.1, -0.05) is 24.3 Å². The number of carbonyl (C=O) groups excluding carboxylic acids is 1. The fraction of sp³-hybridized carbons (Fsp3) is 0.500. The van der Waals surface area contributed by atoms with E-state index in [-0.39, 0.29) is 21.9 Å². The molecule has 1 amide bonds. The van der Waals surface area contributed by atoms with Gasteiger partial charge in [0.05, 0.1) is 12.2 Å². The van der Waals surface area contributed by atoms with Gasteiger partial charge >= 0.3 is 0 Å². The zero-order chi connectivity index (χ0) is 22.4. The van der Waals surface area contributed by atoms with Crippen LogP contribution < -0.4 is 15.4 Å². The van der Waals surface area contributed by atoms with Crippen molar-refractivity contribution in [3.8, 4) is 0 Å². The molecular weight excluding hydrogens is 478 g/mol. The van der Waals surface area contributed by atoms with E-state index in [0.29, 0.717) is 10.4 Å². The molecule has 2 heterocycles. The summed E-state index contributed by atoms with van der Waals surface area (Å²) in [6, 6.07) is 8.48. The Morgan fingerprint density at radius 3 is 2.65 bits per heavy atom. The highest BCUT2D eigenvalue weighted by Gasteiger charge is 2.50. The minimum Gasteiger partial charge on any atom is -0.598 e. The number of rotatable bonds is 4. The summed E-state index contributed by atoms with van der Waals surface area (Å²) in [6.45, 7) is 7.42. The number of fused-ring (bicyclic) bond motifs is 1. The summed E-state index contributed by atoms with van der Waals surface area (Å²) < 4.78 is 16.6. The number of nitrogens with one attached hydrogen (secondary N) is 1. The number of piperidine rings is 1. The second-order valence-corrected chi connectivity index (χ2v) is 12.2. The first-order valence-electron chi connectivity index (χ1n) is 10.4. The minimum atomic E-state index is -1.17. The van der Waals surface area contributed by atoms with Crippen molar-refractivity contribution < 1.29 is 9.35 Å². The van der Waals surface area contributed by atoms with Gasteiger partial charge in [-0.15, -0.1) is 4.72 Å². The van der Waals surface area contributed by atoms with Crippen LogP contribution in [0.4, 0.5) is 5.82 Å². The number of nitrogens with zero attached hydrogens (tertiary/aromatic N) is 3. The number of nitrogens with two attached hydrogens (primary N) is 1. The monoisotopic (exact) mass is 505 g/mol. The molecule has 2 aromatic rings. The average molecular weight is 506 g/mol. The lowest BCUT2D eigenvalue weighted by Crippen LogP contribution is -2.50. The average Bonchev–Trinajstić information content (AvgIpc) is 3.01. The van der Waals surface area contributed by atoms with Crippen molar-refractivity contribution in [3.05, 3.63) is 51.9 Å². The predicted molar refractivity (Wildman–Crippen MR) is 126 cm³/mol. The lowest BCUT2D eigenvalue weighted by Gasteiger charge is -2.44. The number of carbonyl (C=O) groups is 1. The van der Waals surface area contributed by atoms with E-state index in [1.54, 1.807) is 6.20 Å². The SMILES string of the molecule is CC(C)(C)[S+]([O-])NC1c2ccccc2CC12CCN(c1ncc(Br)nc1C(N)=O)CC2. The Kier molecular flexibility index (Phi) is 6.06. The van der Waals surface area contributed by atoms with E-state index in [4.69, 9.17) is 5.73 Å². The second-order valence-electron chi connectivity index (χ2n) is 9.39. The van der Waals surface area contributed by atoms with Crippen LogP contribution in [0.15, 0.2) is 35.1 Å². The van der Waals surface area contributed by atoms with Crippen molar-refractivity contribution in [2.24, 2.45) is 11.1 Å². The highest BCUT2D eigenvalue weighted by atomic mass is 79.9. The van der Waals surface area contributed by atoms with Crippen LogP contribution in [0.5, 0.6) is 0 Å². The Labute approximate surface area is 194 Å².